The molecular formula is C13H15N3O3. The van der Waals surface area contributed by atoms with Gasteiger partial charge in [-0.25, -0.2) is 4.79 Å². The van der Waals surface area contributed by atoms with E-state index in [0.29, 0.717) is 18.3 Å². The standard InChI is InChI=1S/C13H15N3O3/c1-3-18-13(17)14-8-11-15-12(16-19-11)10-6-4-5-9(2)7-10/h4-7H,3,8H2,1-2H3,(H,14,17). The number of amides is 1. The van der Waals surface area contributed by atoms with E-state index in [1.54, 1.807) is 6.92 Å². The number of alkyl carbamates (subject to hydrolysis) is 1. The van der Waals surface area contributed by atoms with Crippen molar-refractivity contribution in [2.45, 2.75) is 20.4 Å². The van der Waals surface area contributed by atoms with Crippen LogP contribution in [0.2, 0.25) is 0 Å². The average Bonchev–Trinajstić information content (AvgIpc) is 2.85. The molecule has 0 aliphatic heterocycles. The number of hydrogen-bond donors (Lipinski definition) is 1. The molecule has 2 aromatic rings. The first-order chi connectivity index (χ1) is 9.19. The van der Waals surface area contributed by atoms with Crippen LogP contribution >= 0.6 is 0 Å². The van der Waals surface area contributed by atoms with E-state index in [0.717, 1.165) is 11.1 Å². The van der Waals surface area contributed by atoms with Crippen LogP contribution in [0.5, 0.6) is 0 Å². The largest absolute Gasteiger partial charge is 0.450 e. The van der Waals surface area contributed by atoms with Gasteiger partial charge in [-0.15, -0.1) is 0 Å². The number of nitrogens with one attached hydrogen (secondary N) is 1. The van der Waals surface area contributed by atoms with E-state index in [4.69, 9.17) is 9.26 Å². The third kappa shape index (κ3) is 3.54. The van der Waals surface area contributed by atoms with Crippen LogP contribution in [0.25, 0.3) is 11.4 Å². The zero-order chi connectivity index (χ0) is 13.7. The summed E-state index contributed by atoms with van der Waals surface area (Å²) < 4.78 is 9.79. The molecule has 0 aliphatic carbocycles. The fourth-order valence-corrected chi connectivity index (χ4v) is 1.56. The molecule has 0 radical (unpaired) electrons. The number of aryl methyl sites for hydroxylation is 1. The van der Waals surface area contributed by atoms with Gasteiger partial charge in [0.2, 0.25) is 11.7 Å². The van der Waals surface area contributed by atoms with Crippen molar-refractivity contribution in [2.24, 2.45) is 0 Å². The highest BCUT2D eigenvalue weighted by molar-refractivity contribution is 5.66. The molecule has 2 rings (SSSR count). The van der Waals surface area contributed by atoms with Crippen LogP contribution in [0.1, 0.15) is 18.4 Å². The molecule has 100 valence electrons. The van der Waals surface area contributed by atoms with Crippen LogP contribution in [0.15, 0.2) is 28.8 Å². The normalized spacial score (nSPS) is 10.2. The minimum absolute atomic E-state index is 0.150. The molecule has 0 saturated heterocycles. The van der Waals surface area contributed by atoms with Gasteiger partial charge in [-0.2, -0.15) is 4.98 Å². The summed E-state index contributed by atoms with van der Waals surface area (Å²) in [5, 5.41) is 6.39. The van der Waals surface area contributed by atoms with Gasteiger partial charge in [0.1, 0.15) is 6.54 Å². The predicted molar refractivity (Wildman–Crippen MR) is 68.3 cm³/mol. The van der Waals surface area contributed by atoms with Crippen molar-refractivity contribution in [1.29, 1.82) is 0 Å². The van der Waals surface area contributed by atoms with Gasteiger partial charge >= 0.3 is 6.09 Å². The lowest BCUT2D eigenvalue weighted by Crippen LogP contribution is -2.23. The van der Waals surface area contributed by atoms with E-state index in [9.17, 15) is 4.79 Å². The molecule has 1 heterocycles. The van der Waals surface area contributed by atoms with Crippen LogP contribution in [0.3, 0.4) is 0 Å². The lowest BCUT2D eigenvalue weighted by atomic mass is 10.1. The maximum absolute atomic E-state index is 11.1. The van der Waals surface area contributed by atoms with Gasteiger partial charge in [-0.3, -0.25) is 0 Å². The maximum Gasteiger partial charge on any atom is 0.407 e. The highest BCUT2D eigenvalue weighted by Gasteiger charge is 2.10. The van der Waals surface area contributed by atoms with Crippen molar-refractivity contribution in [2.75, 3.05) is 6.61 Å². The molecule has 0 saturated carbocycles. The Balaban J connectivity index is 2.01. The Bertz CT molecular complexity index is 566. The summed E-state index contributed by atoms with van der Waals surface area (Å²) in [6, 6.07) is 7.79. The van der Waals surface area contributed by atoms with Crippen LogP contribution < -0.4 is 5.32 Å². The van der Waals surface area contributed by atoms with Crippen LogP contribution in [-0.2, 0) is 11.3 Å². The highest BCUT2D eigenvalue weighted by atomic mass is 16.5. The number of aromatic nitrogens is 2. The molecule has 0 atom stereocenters. The van der Waals surface area contributed by atoms with E-state index >= 15 is 0 Å². The van der Waals surface area contributed by atoms with Crippen LogP contribution in [0, 0.1) is 6.92 Å². The molecule has 6 nitrogen and oxygen atoms in total. The smallest absolute Gasteiger partial charge is 0.407 e. The van der Waals surface area contributed by atoms with Gasteiger partial charge in [0.05, 0.1) is 6.61 Å². The van der Waals surface area contributed by atoms with E-state index in [-0.39, 0.29) is 6.54 Å². The van der Waals surface area contributed by atoms with Crippen LogP contribution in [0.4, 0.5) is 4.79 Å². The number of hydrogen-bond acceptors (Lipinski definition) is 5. The second kappa shape index (κ2) is 5.99. The first kappa shape index (κ1) is 13.1. The first-order valence-corrected chi connectivity index (χ1v) is 5.99. The van der Waals surface area contributed by atoms with Crippen molar-refractivity contribution in [3.8, 4) is 11.4 Å². The second-order valence-electron chi connectivity index (χ2n) is 3.96. The topological polar surface area (TPSA) is 77.2 Å². The fraction of sp³-hybridized carbons (Fsp3) is 0.308. The molecule has 0 fully saturated rings. The molecule has 19 heavy (non-hydrogen) atoms. The summed E-state index contributed by atoms with van der Waals surface area (Å²) in [6.45, 7) is 4.21. The molecule has 0 bridgehead atoms. The number of ether oxygens (including phenoxy) is 1. The Kier molecular flexibility index (Phi) is 4.12. The SMILES string of the molecule is CCOC(=O)NCc1nc(-c2cccc(C)c2)no1. The summed E-state index contributed by atoms with van der Waals surface area (Å²) in [4.78, 5) is 15.3. The van der Waals surface area contributed by atoms with E-state index in [1.165, 1.54) is 0 Å². The Hall–Kier alpha value is -2.37. The van der Waals surface area contributed by atoms with E-state index in [2.05, 4.69) is 15.5 Å². The minimum Gasteiger partial charge on any atom is -0.450 e. The molecule has 0 aliphatic rings. The molecule has 1 aromatic heterocycles. The number of carbonyl (C=O) groups is 1. The summed E-state index contributed by atoms with van der Waals surface area (Å²) in [5.41, 5.74) is 2.00. The fourth-order valence-electron chi connectivity index (χ4n) is 1.56. The van der Waals surface area contributed by atoms with Gasteiger partial charge in [-0.1, -0.05) is 28.9 Å². The molecule has 6 heteroatoms. The number of benzene rings is 1. The van der Waals surface area contributed by atoms with Crippen molar-refractivity contribution < 1.29 is 14.1 Å². The van der Waals surface area contributed by atoms with E-state index in [1.807, 2.05) is 31.2 Å². The van der Waals surface area contributed by atoms with E-state index < -0.39 is 6.09 Å². The zero-order valence-electron chi connectivity index (χ0n) is 10.8. The summed E-state index contributed by atoms with van der Waals surface area (Å²) in [7, 11) is 0. The predicted octanol–water partition coefficient (Wildman–Crippen LogP) is 2.29. The highest BCUT2D eigenvalue weighted by Crippen LogP contribution is 2.16. The molecule has 1 aromatic carbocycles. The van der Waals surface area contributed by atoms with Crippen LogP contribution in [-0.4, -0.2) is 22.8 Å². The summed E-state index contributed by atoms with van der Waals surface area (Å²) in [6.07, 6.45) is -0.502. The third-order valence-electron chi connectivity index (χ3n) is 2.40. The van der Waals surface area contributed by atoms with Gasteiger partial charge in [0, 0.05) is 5.56 Å². The Morgan fingerprint density at radius 2 is 2.32 bits per heavy atom. The van der Waals surface area contributed by atoms with Gasteiger partial charge in [0.15, 0.2) is 0 Å². The molecular weight excluding hydrogens is 246 g/mol. The zero-order valence-corrected chi connectivity index (χ0v) is 10.8. The van der Waals surface area contributed by atoms with Gasteiger partial charge < -0.3 is 14.6 Å². The molecule has 0 unspecified atom stereocenters. The first-order valence-electron chi connectivity index (χ1n) is 5.99. The average molecular weight is 261 g/mol. The minimum atomic E-state index is -0.502. The number of rotatable bonds is 4. The Morgan fingerprint density at radius 3 is 3.05 bits per heavy atom. The van der Waals surface area contributed by atoms with Crippen molar-refractivity contribution >= 4 is 6.09 Å². The van der Waals surface area contributed by atoms with Crippen molar-refractivity contribution in [3.63, 3.8) is 0 Å². The van der Waals surface area contributed by atoms with Crippen molar-refractivity contribution in [1.82, 2.24) is 15.5 Å². The lowest BCUT2D eigenvalue weighted by Gasteiger charge is -2.00. The van der Waals surface area contributed by atoms with Gasteiger partial charge in [-0.05, 0) is 19.9 Å². The Labute approximate surface area is 110 Å². The third-order valence-corrected chi connectivity index (χ3v) is 2.40. The monoisotopic (exact) mass is 261 g/mol. The molecule has 0 spiro atoms. The maximum atomic E-state index is 11.1. The van der Waals surface area contributed by atoms with Crippen molar-refractivity contribution in [3.05, 3.63) is 35.7 Å². The second-order valence-corrected chi connectivity index (χ2v) is 3.96. The number of nitrogens with zero attached hydrogens (tertiary/aromatic N) is 2. The summed E-state index contributed by atoms with van der Waals surface area (Å²) in [5.74, 6) is 0.842. The van der Waals surface area contributed by atoms with Gasteiger partial charge in [0.25, 0.3) is 0 Å². The number of carbonyl (C=O) groups excluding carboxylic acids is 1. The summed E-state index contributed by atoms with van der Waals surface area (Å²) >= 11 is 0. The Morgan fingerprint density at radius 1 is 1.47 bits per heavy atom. The molecule has 1 N–H and O–H groups in total. The molecule has 1 amide bonds. The quantitative estimate of drug-likeness (QED) is 0.913. The lowest BCUT2D eigenvalue weighted by molar-refractivity contribution is 0.150.